The lowest BCUT2D eigenvalue weighted by Gasteiger charge is -2.33. The lowest BCUT2D eigenvalue weighted by atomic mass is 9.91. The molecule has 0 bridgehead atoms. The first-order chi connectivity index (χ1) is 16.0. The molecule has 0 aliphatic carbocycles. The summed E-state index contributed by atoms with van der Waals surface area (Å²) in [6, 6.07) is 17.7. The van der Waals surface area contributed by atoms with Gasteiger partial charge in [-0.3, -0.25) is 9.78 Å². The van der Waals surface area contributed by atoms with Crippen LogP contribution in [0.5, 0.6) is 17.2 Å². The van der Waals surface area contributed by atoms with Crippen LogP contribution in [0, 0.1) is 6.92 Å². The first-order valence-electron chi connectivity index (χ1n) is 11.2. The summed E-state index contributed by atoms with van der Waals surface area (Å²) in [7, 11) is 4.80. The fourth-order valence-electron chi connectivity index (χ4n) is 4.48. The SMILES string of the molecule is COc1ccc(-c2cc(C)nc(C3CCCN(C(=O)c4cccc(OC)c4OC)C3)c2)cc1. The molecular weight excluding hydrogens is 416 g/mol. The third-order valence-corrected chi connectivity index (χ3v) is 6.16. The van der Waals surface area contributed by atoms with Crippen molar-refractivity contribution < 1.29 is 19.0 Å². The summed E-state index contributed by atoms with van der Waals surface area (Å²) in [4.78, 5) is 20.1. The average Bonchev–Trinajstić information content (AvgIpc) is 2.87. The van der Waals surface area contributed by atoms with Crippen LogP contribution in [0.4, 0.5) is 0 Å². The number of benzene rings is 2. The van der Waals surface area contributed by atoms with Crippen molar-refractivity contribution in [3.05, 3.63) is 71.5 Å². The summed E-state index contributed by atoms with van der Waals surface area (Å²) in [5, 5.41) is 0. The predicted molar refractivity (Wildman–Crippen MR) is 128 cm³/mol. The van der Waals surface area contributed by atoms with E-state index in [2.05, 4.69) is 24.3 Å². The molecule has 1 fully saturated rings. The highest BCUT2D eigenvalue weighted by atomic mass is 16.5. The van der Waals surface area contributed by atoms with Gasteiger partial charge in [0, 0.05) is 30.4 Å². The van der Waals surface area contributed by atoms with Gasteiger partial charge in [0.25, 0.3) is 5.91 Å². The van der Waals surface area contributed by atoms with E-state index >= 15 is 0 Å². The molecule has 0 radical (unpaired) electrons. The van der Waals surface area contributed by atoms with Crippen LogP contribution in [0.25, 0.3) is 11.1 Å². The molecule has 33 heavy (non-hydrogen) atoms. The molecular formula is C27H30N2O4. The molecule has 1 unspecified atom stereocenters. The van der Waals surface area contributed by atoms with Crippen molar-refractivity contribution in [3.8, 4) is 28.4 Å². The molecule has 1 aromatic heterocycles. The van der Waals surface area contributed by atoms with Gasteiger partial charge in [-0.25, -0.2) is 0 Å². The van der Waals surface area contributed by atoms with E-state index in [-0.39, 0.29) is 11.8 Å². The largest absolute Gasteiger partial charge is 0.497 e. The summed E-state index contributed by atoms with van der Waals surface area (Å²) in [5.41, 5.74) is 4.76. The number of likely N-dealkylation sites (tertiary alicyclic amines) is 1. The number of aromatic nitrogens is 1. The monoisotopic (exact) mass is 446 g/mol. The van der Waals surface area contributed by atoms with E-state index in [1.54, 1.807) is 33.5 Å². The number of hydrogen-bond acceptors (Lipinski definition) is 5. The highest BCUT2D eigenvalue weighted by molar-refractivity contribution is 5.98. The van der Waals surface area contributed by atoms with Crippen LogP contribution >= 0.6 is 0 Å². The van der Waals surface area contributed by atoms with Gasteiger partial charge in [-0.15, -0.1) is 0 Å². The number of nitrogens with zero attached hydrogens (tertiary/aromatic N) is 2. The lowest BCUT2D eigenvalue weighted by Crippen LogP contribution is -2.39. The first kappa shape index (κ1) is 22.6. The van der Waals surface area contributed by atoms with E-state index in [4.69, 9.17) is 19.2 Å². The quantitative estimate of drug-likeness (QED) is 0.527. The zero-order chi connectivity index (χ0) is 23.4. The van der Waals surface area contributed by atoms with E-state index < -0.39 is 0 Å². The van der Waals surface area contributed by atoms with Gasteiger partial charge in [0.05, 0.1) is 26.9 Å². The Hall–Kier alpha value is -3.54. The lowest BCUT2D eigenvalue weighted by molar-refractivity contribution is 0.0702. The molecule has 4 rings (SSSR count). The molecule has 0 saturated carbocycles. The van der Waals surface area contributed by atoms with Crippen molar-refractivity contribution in [2.75, 3.05) is 34.4 Å². The van der Waals surface area contributed by atoms with Gasteiger partial charge in [-0.2, -0.15) is 0 Å². The van der Waals surface area contributed by atoms with Crippen LogP contribution < -0.4 is 14.2 Å². The molecule has 1 amide bonds. The van der Waals surface area contributed by atoms with Crippen LogP contribution in [0.2, 0.25) is 0 Å². The number of para-hydroxylation sites is 1. The molecule has 172 valence electrons. The Balaban J connectivity index is 1.59. The highest BCUT2D eigenvalue weighted by Crippen LogP contribution is 2.34. The van der Waals surface area contributed by atoms with Crippen LogP contribution in [0.15, 0.2) is 54.6 Å². The molecule has 1 aliphatic rings. The molecule has 2 aromatic carbocycles. The summed E-state index contributed by atoms with van der Waals surface area (Å²) < 4.78 is 16.2. The van der Waals surface area contributed by atoms with Crippen LogP contribution in [-0.2, 0) is 0 Å². The van der Waals surface area contributed by atoms with Crippen molar-refractivity contribution in [2.24, 2.45) is 0 Å². The Morgan fingerprint density at radius 3 is 2.45 bits per heavy atom. The maximum Gasteiger partial charge on any atom is 0.257 e. The third kappa shape index (κ3) is 4.80. The van der Waals surface area contributed by atoms with Crippen LogP contribution in [0.1, 0.15) is 40.5 Å². The summed E-state index contributed by atoms with van der Waals surface area (Å²) in [5.74, 6) is 2.00. The maximum absolute atomic E-state index is 13.4. The van der Waals surface area contributed by atoms with E-state index in [1.165, 1.54) is 0 Å². The van der Waals surface area contributed by atoms with Crippen molar-refractivity contribution in [1.82, 2.24) is 9.88 Å². The summed E-state index contributed by atoms with van der Waals surface area (Å²) in [6.07, 6.45) is 1.92. The van der Waals surface area contributed by atoms with Crippen molar-refractivity contribution in [2.45, 2.75) is 25.7 Å². The number of carbonyl (C=O) groups excluding carboxylic acids is 1. The number of hydrogen-bond donors (Lipinski definition) is 0. The van der Waals surface area contributed by atoms with Crippen LogP contribution in [0.3, 0.4) is 0 Å². The molecule has 1 aliphatic heterocycles. The molecule has 1 saturated heterocycles. The van der Waals surface area contributed by atoms with Gasteiger partial charge >= 0.3 is 0 Å². The summed E-state index contributed by atoms with van der Waals surface area (Å²) >= 11 is 0. The second-order valence-electron chi connectivity index (χ2n) is 8.28. The van der Waals surface area contributed by atoms with E-state index in [9.17, 15) is 4.79 Å². The molecule has 0 spiro atoms. The number of methoxy groups -OCH3 is 3. The van der Waals surface area contributed by atoms with Gasteiger partial charge in [0.1, 0.15) is 5.75 Å². The minimum Gasteiger partial charge on any atom is -0.497 e. The van der Waals surface area contributed by atoms with Gasteiger partial charge in [-0.05, 0) is 67.3 Å². The fraction of sp³-hybridized carbons (Fsp3) is 0.333. The van der Waals surface area contributed by atoms with E-state index in [0.717, 1.165) is 41.1 Å². The fourth-order valence-corrected chi connectivity index (χ4v) is 4.48. The number of pyridine rings is 1. The van der Waals surface area contributed by atoms with Crippen molar-refractivity contribution in [1.29, 1.82) is 0 Å². The average molecular weight is 447 g/mol. The number of ether oxygens (including phenoxy) is 3. The van der Waals surface area contributed by atoms with Gasteiger partial charge < -0.3 is 19.1 Å². The number of rotatable bonds is 6. The third-order valence-electron chi connectivity index (χ3n) is 6.16. The Labute approximate surface area is 195 Å². The minimum absolute atomic E-state index is 0.0431. The highest BCUT2D eigenvalue weighted by Gasteiger charge is 2.29. The van der Waals surface area contributed by atoms with Crippen LogP contribution in [-0.4, -0.2) is 50.2 Å². The molecule has 0 N–H and O–H groups in total. The van der Waals surface area contributed by atoms with Gasteiger partial charge in [-0.1, -0.05) is 18.2 Å². The Bertz CT molecular complexity index is 1130. The number of piperidine rings is 1. The topological polar surface area (TPSA) is 60.9 Å². The van der Waals surface area contributed by atoms with Gasteiger partial charge in [0.15, 0.2) is 11.5 Å². The molecule has 3 aromatic rings. The number of amides is 1. The smallest absolute Gasteiger partial charge is 0.257 e. The maximum atomic E-state index is 13.4. The van der Waals surface area contributed by atoms with E-state index in [0.29, 0.717) is 30.2 Å². The second-order valence-corrected chi connectivity index (χ2v) is 8.28. The Morgan fingerprint density at radius 2 is 1.76 bits per heavy atom. The van der Waals surface area contributed by atoms with E-state index in [1.807, 2.05) is 30.0 Å². The van der Waals surface area contributed by atoms with Gasteiger partial charge in [0.2, 0.25) is 0 Å². The molecule has 2 heterocycles. The standard InChI is InChI=1S/C27H30N2O4/c1-18-15-21(19-10-12-22(31-2)13-11-19)16-24(28-18)20-7-6-14-29(17-20)27(30)23-8-5-9-25(32-3)26(23)33-4/h5,8-13,15-16,20H,6-7,14,17H2,1-4H3. The van der Waals surface area contributed by atoms with Crippen molar-refractivity contribution >= 4 is 5.91 Å². The predicted octanol–water partition coefficient (Wildman–Crippen LogP) is 5.10. The number of carbonyl (C=O) groups is 1. The molecule has 6 nitrogen and oxygen atoms in total. The zero-order valence-electron chi connectivity index (χ0n) is 19.6. The van der Waals surface area contributed by atoms with Crippen molar-refractivity contribution in [3.63, 3.8) is 0 Å². The summed E-state index contributed by atoms with van der Waals surface area (Å²) in [6.45, 7) is 3.36. The zero-order valence-corrected chi connectivity index (χ0v) is 19.6. The number of aryl methyl sites for hydroxylation is 1. The Kier molecular flexibility index (Phi) is 6.82. The Morgan fingerprint density at radius 1 is 0.970 bits per heavy atom. The molecule has 1 atom stereocenters. The minimum atomic E-state index is -0.0431. The second kappa shape index (κ2) is 9.94. The molecule has 6 heteroatoms. The normalized spacial score (nSPS) is 15.8. The first-order valence-corrected chi connectivity index (χ1v) is 11.2.